The molecule has 2 amide bonds. The Kier molecular flexibility index (Phi) is 8.08. The van der Waals surface area contributed by atoms with E-state index in [1.165, 1.54) is 6.92 Å². The average molecular weight is 437 g/mol. The molecular weight excluding hydrogens is 400 g/mol. The Morgan fingerprint density at radius 1 is 1.10 bits per heavy atom. The monoisotopic (exact) mass is 436 g/mol. The minimum Gasteiger partial charge on any atom is -0.341 e. The highest BCUT2D eigenvalue weighted by atomic mass is 32.2. The van der Waals surface area contributed by atoms with Crippen LogP contribution in [0.5, 0.6) is 0 Å². The van der Waals surface area contributed by atoms with Crippen LogP contribution >= 0.6 is 0 Å². The average Bonchev–Trinajstić information content (AvgIpc) is 2.62. The molecule has 2 rings (SSSR count). The van der Waals surface area contributed by atoms with Crippen LogP contribution in [0.3, 0.4) is 0 Å². The molecule has 168 valence electrons. The first-order valence-electron chi connectivity index (χ1n) is 10.8. The van der Waals surface area contributed by atoms with E-state index in [0.29, 0.717) is 24.9 Å². The van der Waals surface area contributed by atoms with Gasteiger partial charge >= 0.3 is 0 Å². The number of benzene rings is 1. The number of nitrogens with one attached hydrogen (secondary N) is 1. The van der Waals surface area contributed by atoms with E-state index in [1.54, 1.807) is 4.90 Å². The number of hydrogen-bond donors (Lipinski definition) is 1. The molecule has 6 nitrogen and oxygen atoms in total. The molecule has 0 saturated carbocycles. The van der Waals surface area contributed by atoms with Crippen molar-refractivity contribution < 1.29 is 18.0 Å². The number of hydrogen-bond acceptors (Lipinski definition) is 4. The van der Waals surface area contributed by atoms with Crippen LogP contribution < -0.4 is 5.32 Å². The first-order valence-corrected chi connectivity index (χ1v) is 12.5. The van der Waals surface area contributed by atoms with Crippen LogP contribution in [0, 0.1) is 32.6 Å². The topological polar surface area (TPSA) is 83.5 Å². The van der Waals surface area contributed by atoms with E-state index in [1.807, 2.05) is 32.9 Å². The third-order valence-corrected chi connectivity index (χ3v) is 7.98. The van der Waals surface area contributed by atoms with Crippen LogP contribution in [0.1, 0.15) is 56.7 Å². The van der Waals surface area contributed by atoms with Gasteiger partial charge in [0.05, 0.1) is 5.75 Å². The number of rotatable bonds is 7. The van der Waals surface area contributed by atoms with Gasteiger partial charge in [0.2, 0.25) is 11.8 Å². The molecule has 0 spiro atoms. The zero-order valence-electron chi connectivity index (χ0n) is 19.1. The second kappa shape index (κ2) is 9.94. The Morgan fingerprint density at radius 2 is 1.63 bits per heavy atom. The lowest BCUT2D eigenvalue weighted by molar-refractivity contribution is -0.133. The lowest BCUT2D eigenvalue weighted by atomic mass is 9.92. The van der Waals surface area contributed by atoms with Crippen LogP contribution in [-0.2, 0) is 19.4 Å². The summed E-state index contributed by atoms with van der Waals surface area (Å²) in [6.45, 7) is 12.8. The Hall–Kier alpha value is -1.89. The summed E-state index contributed by atoms with van der Waals surface area (Å²) in [5.41, 5.74) is 3.88. The van der Waals surface area contributed by atoms with Crippen molar-refractivity contribution >= 4 is 27.3 Å². The fourth-order valence-electron chi connectivity index (χ4n) is 4.44. The number of aryl methyl sites for hydroxylation is 3. The normalized spacial score (nSPS) is 20.7. The molecule has 1 saturated heterocycles. The first-order chi connectivity index (χ1) is 13.9. The summed E-state index contributed by atoms with van der Waals surface area (Å²) >= 11 is 0. The standard InChI is InChI=1S/C23H36N2O4S/c1-15-11-18(4)22(19(5)12-15)24-21(26)8-7-9-30(28,29)20(6)23(27)25-13-16(2)10-17(3)14-25/h11-12,16-17,20H,7-10,13-14H2,1-6H3,(H,24,26)/t16-,17+,20-/m0/s1. The maximum Gasteiger partial charge on any atom is 0.240 e. The molecule has 1 fully saturated rings. The number of amides is 2. The van der Waals surface area contributed by atoms with Crippen molar-refractivity contribution in [2.24, 2.45) is 11.8 Å². The molecule has 1 aliphatic rings. The molecule has 1 aliphatic heterocycles. The molecule has 1 aromatic rings. The predicted molar refractivity (Wildman–Crippen MR) is 121 cm³/mol. The summed E-state index contributed by atoms with van der Waals surface area (Å²) in [4.78, 5) is 26.8. The Morgan fingerprint density at radius 3 is 2.17 bits per heavy atom. The zero-order chi connectivity index (χ0) is 22.6. The van der Waals surface area contributed by atoms with Crippen molar-refractivity contribution in [2.45, 2.75) is 66.1 Å². The molecule has 0 bridgehead atoms. The summed E-state index contributed by atoms with van der Waals surface area (Å²) in [6, 6.07) is 4.01. The van der Waals surface area contributed by atoms with E-state index in [4.69, 9.17) is 0 Å². The Balaban J connectivity index is 1.90. The lowest BCUT2D eigenvalue weighted by Gasteiger charge is -2.36. The molecule has 3 atom stereocenters. The molecule has 7 heteroatoms. The van der Waals surface area contributed by atoms with Gasteiger partial charge in [-0.15, -0.1) is 0 Å². The minimum absolute atomic E-state index is 0.102. The van der Waals surface area contributed by atoms with Gasteiger partial charge in [-0.1, -0.05) is 31.5 Å². The van der Waals surface area contributed by atoms with Crippen molar-refractivity contribution in [2.75, 3.05) is 24.2 Å². The highest BCUT2D eigenvalue weighted by molar-refractivity contribution is 7.92. The molecule has 1 N–H and O–H groups in total. The lowest BCUT2D eigenvalue weighted by Crippen LogP contribution is -2.48. The van der Waals surface area contributed by atoms with Gasteiger partial charge in [-0.3, -0.25) is 9.59 Å². The highest BCUT2D eigenvalue weighted by Crippen LogP contribution is 2.24. The van der Waals surface area contributed by atoms with Gasteiger partial charge in [0, 0.05) is 25.2 Å². The zero-order valence-corrected chi connectivity index (χ0v) is 19.9. The van der Waals surface area contributed by atoms with Gasteiger partial charge in [-0.2, -0.15) is 0 Å². The summed E-state index contributed by atoms with van der Waals surface area (Å²) in [6.07, 6.45) is 1.35. The SMILES string of the molecule is Cc1cc(C)c(NC(=O)CCCS(=O)(=O)[C@@H](C)C(=O)N2C[C@H](C)C[C@H](C)C2)c(C)c1. The van der Waals surface area contributed by atoms with E-state index in [2.05, 4.69) is 19.2 Å². The second-order valence-corrected chi connectivity index (χ2v) is 11.6. The van der Waals surface area contributed by atoms with E-state index in [0.717, 1.165) is 28.8 Å². The molecule has 1 aromatic carbocycles. The summed E-state index contributed by atoms with van der Waals surface area (Å²) in [7, 11) is -3.61. The van der Waals surface area contributed by atoms with Crippen LogP contribution in [0.4, 0.5) is 5.69 Å². The number of anilines is 1. The third-order valence-electron chi connectivity index (χ3n) is 5.84. The highest BCUT2D eigenvalue weighted by Gasteiger charge is 2.34. The van der Waals surface area contributed by atoms with Gasteiger partial charge in [-0.05, 0) is 63.5 Å². The van der Waals surface area contributed by atoms with Crippen LogP contribution in [-0.4, -0.2) is 49.2 Å². The molecule has 0 radical (unpaired) electrons. The molecule has 0 unspecified atom stereocenters. The van der Waals surface area contributed by atoms with Gasteiger partial charge in [-0.25, -0.2) is 8.42 Å². The van der Waals surface area contributed by atoms with E-state index < -0.39 is 15.1 Å². The molecule has 0 aliphatic carbocycles. The summed E-state index contributed by atoms with van der Waals surface area (Å²) < 4.78 is 25.4. The number of carbonyl (C=O) groups is 2. The van der Waals surface area contributed by atoms with E-state index in [9.17, 15) is 18.0 Å². The largest absolute Gasteiger partial charge is 0.341 e. The molecule has 30 heavy (non-hydrogen) atoms. The van der Waals surface area contributed by atoms with Gasteiger partial charge in [0.25, 0.3) is 0 Å². The fraction of sp³-hybridized carbons (Fsp3) is 0.652. The van der Waals surface area contributed by atoms with Gasteiger partial charge in [0.1, 0.15) is 5.25 Å². The number of likely N-dealkylation sites (tertiary alicyclic amines) is 1. The third kappa shape index (κ3) is 6.30. The van der Waals surface area contributed by atoms with Crippen molar-refractivity contribution in [3.8, 4) is 0 Å². The van der Waals surface area contributed by atoms with E-state index in [-0.39, 0.29) is 30.4 Å². The minimum atomic E-state index is -3.61. The van der Waals surface area contributed by atoms with Crippen molar-refractivity contribution in [3.05, 3.63) is 28.8 Å². The fourth-order valence-corrected chi connectivity index (χ4v) is 5.80. The summed E-state index contributed by atoms with van der Waals surface area (Å²) in [5.74, 6) is 0.0645. The number of sulfone groups is 1. The van der Waals surface area contributed by atoms with Gasteiger partial charge < -0.3 is 10.2 Å². The van der Waals surface area contributed by atoms with Crippen molar-refractivity contribution in [1.82, 2.24) is 4.90 Å². The molecular formula is C23H36N2O4S. The maximum absolute atomic E-state index is 12.7. The van der Waals surface area contributed by atoms with Crippen molar-refractivity contribution in [3.63, 3.8) is 0 Å². The Labute approximate surface area is 181 Å². The quantitative estimate of drug-likeness (QED) is 0.707. The van der Waals surface area contributed by atoms with Gasteiger partial charge in [0.15, 0.2) is 9.84 Å². The second-order valence-electron chi connectivity index (χ2n) is 9.12. The first kappa shape index (κ1) is 24.4. The smallest absolute Gasteiger partial charge is 0.240 e. The number of nitrogens with zero attached hydrogens (tertiary/aromatic N) is 1. The van der Waals surface area contributed by atoms with Crippen molar-refractivity contribution in [1.29, 1.82) is 0 Å². The van der Waals surface area contributed by atoms with Crippen LogP contribution in [0.2, 0.25) is 0 Å². The maximum atomic E-state index is 12.7. The van der Waals surface area contributed by atoms with Crippen LogP contribution in [0.25, 0.3) is 0 Å². The summed E-state index contributed by atoms with van der Waals surface area (Å²) in [5, 5.41) is 1.83. The predicted octanol–water partition coefficient (Wildman–Crippen LogP) is 3.64. The molecule has 0 aromatic heterocycles. The number of carbonyl (C=O) groups excluding carboxylic acids is 2. The Bertz CT molecular complexity index is 861. The molecule has 1 heterocycles. The van der Waals surface area contributed by atoms with Crippen LogP contribution in [0.15, 0.2) is 12.1 Å². The number of piperidine rings is 1. The van der Waals surface area contributed by atoms with E-state index >= 15 is 0 Å².